The molecule has 2 heterocycles. The van der Waals surface area contributed by atoms with E-state index in [0.29, 0.717) is 32.2 Å². The molecule has 2 aromatic rings. The molecule has 1 N–H and O–H groups in total. The Morgan fingerprint density at radius 3 is 2.50 bits per heavy atom. The van der Waals surface area contributed by atoms with Crippen LogP contribution >= 0.6 is 0 Å². The summed E-state index contributed by atoms with van der Waals surface area (Å²) in [6, 6.07) is 4.23. The number of rotatable bonds is 11. The molecule has 1 aliphatic heterocycles. The zero-order chi connectivity index (χ0) is 29.9. The predicted octanol–water partition coefficient (Wildman–Crippen LogP) is 5.59. The predicted molar refractivity (Wildman–Crippen MR) is 146 cm³/mol. The molecular formula is C29H37F5N6O2. The summed E-state index contributed by atoms with van der Waals surface area (Å²) in [6.45, 7) is 0.293. The molecular weight excluding hydrogens is 559 g/mol. The summed E-state index contributed by atoms with van der Waals surface area (Å²) in [5, 5.41) is 7.52. The van der Waals surface area contributed by atoms with Crippen molar-refractivity contribution in [1.82, 2.24) is 25.0 Å². The minimum absolute atomic E-state index is 0.00465. The third-order valence-corrected chi connectivity index (χ3v) is 8.64. The standard InChI is InChI=1S/C29H37F5N6O2/c30-28(31)14-6-15-38(18-28)16-13-22(17-25(42)35-20-7-5-8-20)39(19-41)27-36-26(40(37-27)21-9-1-2-10-21)23-11-3-4-12-24(23)29(32,33)34/h3-4,11-12,19-22H,1-2,5-10,13-18H2,(H,35,42)/t22-/m0/s1. The van der Waals surface area contributed by atoms with Crippen molar-refractivity contribution < 1.29 is 31.5 Å². The van der Waals surface area contributed by atoms with E-state index in [0.717, 1.165) is 38.2 Å². The Bertz CT molecular complexity index is 1240. The Balaban J connectivity index is 1.47. The quantitative estimate of drug-likeness (QED) is 0.270. The monoisotopic (exact) mass is 596 g/mol. The van der Waals surface area contributed by atoms with Gasteiger partial charge in [-0.1, -0.05) is 31.0 Å². The first-order valence-corrected chi connectivity index (χ1v) is 14.8. The van der Waals surface area contributed by atoms with E-state index in [1.807, 2.05) is 0 Å². The van der Waals surface area contributed by atoms with Crippen molar-refractivity contribution in [3.63, 3.8) is 0 Å². The number of hydrogen-bond acceptors (Lipinski definition) is 5. The molecule has 1 aromatic carbocycles. The maximum atomic E-state index is 14.1. The first-order chi connectivity index (χ1) is 20.0. The van der Waals surface area contributed by atoms with Crippen LogP contribution in [-0.2, 0) is 15.8 Å². The lowest BCUT2D eigenvalue weighted by molar-refractivity contribution is -0.137. The van der Waals surface area contributed by atoms with Crippen LogP contribution in [0.2, 0.25) is 0 Å². The molecule has 0 spiro atoms. The van der Waals surface area contributed by atoms with E-state index in [-0.39, 0.29) is 61.1 Å². The Hall–Kier alpha value is -3.09. The summed E-state index contributed by atoms with van der Waals surface area (Å²) < 4.78 is 71.6. The highest BCUT2D eigenvalue weighted by molar-refractivity contribution is 5.80. The van der Waals surface area contributed by atoms with Gasteiger partial charge in [-0.15, -0.1) is 5.10 Å². The van der Waals surface area contributed by atoms with Gasteiger partial charge in [0.25, 0.3) is 11.9 Å². The maximum Gasteiger partial charge on any atom is 0.417 e. The Morgan fingerprint density at radius 2 is 1.86 bits per heavy atom. The number of alkyl halides is 5. The molecule has 230 valence electrons. The van der Waals surface area contributed by atoms with Gasteiger partial charge in [0.1, 0.15) is 0 Å². The number of aromatic nitrogens is 3. The first kappa shape index (κ1) is 30.4. The van der Waals surface area contributed by atoms with Gasteiger partial charge < -0.3 is 5.32 Å². The highest BCUT2D eigenvalue weighted by Gasteiger charge is 2.38. The molecule has 0 radical (unpaired) electrons. The van der Waals surface area contributed by atoms with Crippen LogP contribution in [0.1, 0.15) is 82.2 Å². The van der Waals surface area contributed by atoms with Crippen molar-refractivity contribution >= 4 is 18.3 Å². The summed E-state index contributed by atoms with van der Waals surface area (Å²) in [5.74, 6) is -3.18. The molecule has 2 amide bonds. The van der Waals surface area contributed by atoms with Gasteiger partial charge in [-0.2, -0.15) is 18.2 Å². The Morgan fingerprint density at radius 1 is 1.12 bits per heavy atom. The van der Waals surface area contributed by atoms with Crippen molar-refractivity contribution in [1.29, 1.82) is 0 Å². The molecule has 3 fully saturated rings. The van der Waals surface area contributed by atoms with Crippen LogP contribution < -0.4 is 10.2 Å². The van der Waals surface area contributed by atoms with Gasteiger partial charge in [-0.3, -0.25) is 19.4 Å². The van der Waals surface area contributed by atoms with Crippen molar-refractivity contribution in [2.24, 2.45) is 0 Å². The number of anilines is 1. The summed E-state index contributed by atoms with van der Waals surface area (Å²) in [4.78, 5) is 32.8. The van der Waals surface area contributed by atoms with Crippen LogP contribution in [-0.4, -0.2) is 69.6 Å². The topological polar surface area (TPSA) is 83.4 Å². The first-order valence-electron chi connectivity index (χ1n) is 14.8. The van der Waals surface area contributed by atoms with Gasteiger partial charge in [0.2, 0.25) is 12.3 Å². The number of nitrogens with zero attached hydrogens (tertiary/aromatic N) is 5. The van der Waals surface area contributed by atoms with Crippen LogP contribution in [0.15, 0.2) is 24.3 Å². The van der Waals surface area contributed by atoms with Gasteiger partial charge >= 0.3 is 6.18 Å². The van der Waals surface area contributed by atoms with Crippen LogP contribution in [0.25, 0.3) is 11.4 Å². The van der Waals surface area contributed by atoms with Crippen molar-refractivity contribution in [3.05, 3.63) is 29.8 Å². The van der Waals surface area contributed by atoms with Crippen LogP contribution in [0, 0.1) is 0 Å². The molecule has 2 saturated carbocycles. The van der Waals surface area contributed by atoms with E-state index >= 15 is 0 Å². The van der Waals surface area contributed by atoms with Gasteiger partial charge in [-0.25, -0.2) is 13.5 Å². The third-order valence-electron chi connectivity index (χ3n) is 8.64. The van der Waals surface area contributed by atoms with Crippen molar-refractivity contribution in [2.75, 3.05) is 24.5 Å². The number of carbonyl (C=O) groups excluding carboxylic acids is 2. The molecule has 42 heavy (non-hydrogen) atoms. The average Bonchev–Trinajstić information content (AvgIpc) is 3.59. The molecule has 13 heteroatoms. The summed E-state index contributed by atoms with van der Waals surface area (Å²) in [7, 11) is 0. The van der Waals surface area contributed by atoms with E-state index in [1.165, 1.54) is 27.8 Å². The molecule has 5 rings (SSSR count). The highest BCUT2D eigenvalue weighted by atomic mass is 19.4. The lowest BCUT2D eigenvalue weighted by Gasteiger charge is -2.34. The van der Waals surface area contributed by atoms with Crippen molar-refractivity contribution in [3.8, 4) is 11.4 Å². The van der Waals surface area contributed by atoms with Gasteiger partial charge in [0.05, 0.1) is 18.2 Å². The molecule has 3 aliphatic rings. The zero-order valence-electron chi connectivity index (χ0n) is 23.5. The lowest BCUT2D eigenvalue weighted by atomic mass is 9.93. The number of piperidine rings is 1. The highest BCUT2D eigenvalue weighted by Crippen LogP contribution is 2.40. The molecule has 2 aliphatic carbocycles. The maximum absolute atomic E-state index is 14.1. The summed E-state index contributed by atoms with van der Waals surface area (Å²) >= 11 is 0. The fourth-order valence-electron chi connectivity index (χ4n) is 6.19. The molecule has 8 nitrogen and oxygen atoms in total. The average molecular weight is 597 g/mol. The second kappa shape index (κ2) is 12.6. The molecule has 0 unspecified atom stereocenters. The Kier molecular flexibility index (Phi) is 9.14. The molecule has 1 aromatic heterocycles. The molecule has 1 atom stereocenters. The number of carbonyl (C=O) groups is 2. The number of nitrogens with one attached hydrogen (secondary N) is 1. The normalized spacial score (nSPS) is 20.7. The number of halogens is 5. The summed E-state index contributed by atoms with van der Waals surface area (Å²) in [5.41, 5.74) is -1.00. The van der Waals surface area contributed by atoms with Gasteiger partial charge in [0, 0.05) is 37.0 Å². The van der Waals surface area contributed by atoms with Gasteiger partial charge in [0.15, 0.2) is 5.82 Å². The molecule has 1 saturated heterocycles. The summed E-state index contributed by atoms with van der Waals surface area (Å²) in [6.07, 6.45) is 2.06. The second-order valence-corrected chi connectivity index (χ2v) is 11.8. The minimum atomic E-state index is -4.63. The number of likely N-dealkylation sites (tertiary alicyclic amines) is 1. The zero-order valence-corrected chi connectivity index (χ0v) is 23.5. The van der Waals surface area contributed by atoms with E-state index in [2.05, 4.69) is 15.4 Å². The minimum Gasteiger partial charge on any atom is -0.353 e. The van der Waals surface area contributed by atoms with E-state index in [4.69, 9.17) is 0 Å². The van der Waals surface area contributed by atoms with Gasteiger partial charge in [-0.05, 0) is 57.6 Å². The smallest absolute Gasteiger partial charge is 0.353 e. The fraction of sp³-hybridized carbons (Fsp3) is 0.655. The number of benzene rings is 1. The van der Waals surface area contributed by atoms with Crippen LogP contribution in [0.4, 0.5) is 27.9 Å². The van der Waals surface area contributed by atoms with Crippen LogP contribution in [0.5, 0.6) is 0 Å². The van der Waals surface area contributed by atoms with Crippen LogP contribution in [0.3, 0.4) is 0 Å². The SMILES string of the molecule is O=CN(c1nc(-c2ccccc2C(F)(F)F)n(C2CCCC2)n1)[C@@H](CCN1CCCC(F)(F)C1)CC(=O)NC1CCC1. The Labute approximate surface area is 241 Å². The van der Waals surface area contributed by atoms with E-state index < -0.39 is 30.2 Å². The van der Waals surface area contributed by atoms with E-state index in [1.54, 1.807) is 4.90 Å². The molecule has 0 bridgehead atoms. The third kappa shape index (κ3) is 7.09. The fourth-order valence-corrected chi connectivity index (χ4v) is 6.19. The van der Waals surface area contributed by atoms with Crippen molar-refractivity contribution in [2.45, 2.75) is 101 Å². The number of hydrogen-bond donors (Lipinski definition) is 1. The lowest BCUT2D eigenvalue weighted by Crippen LogP contribution is -2.47. The van der Waals surface area contributed by atoms with E-state index in [9.17, 15) is 31.5 Å². The largest absolute Gasteiger partial charge is 0.417 e. The second-order valence-electron chi connectivity index (χ2n) is 11.8. The number of amides is 2.